The number of Topliss-reactive ketones (excluding diaryl/α,β-unsaturated/α-hetero) is 1. The summed E-state index contributed by atoms with van der Waals surface area (Å²) in [6, 6.07) is 3.43. The van der Waals surface area contributed by atoms with E-state index in [4.69, 9.17) is 14.2 Å². The minimum absolute atomic E-state index is 0.0284. The number of halogens is 1. The number of carbonyl (C=O) groups is 1. The van der Waals surface area contributed by atoms with E-state index in [-0.39, 0.29) is 11.6 Å². The fourth-order valence-corrected chi connectivity index (χ4v) is 3.91. The van der Waals surface area contributed by atoms with E-state index in [0.717, 1.165) is 31.2 Å². The van der Waals surface area contributed by atoms with Gasteiger partial charge in [-0.1, -0.05) is 19.8 Å². The van der Waals surface area contributed by atoms with Gasteiger partial charge in [-0.2, -0.15) is 0 Å². The van der Waals surface area contributed by atoms with Gasteiger partial charge < -0.3 is 14.2 Å². The topological polar surface area (TPSA) is 44.8 Å². The second-order valence-electron chi connectivity index (χ2n) is 6.98. The van der Waals surface area contributed by atoms with Crippen LogP contribution in [0.15, 0.2) is 12.1 Å². The molecule has 0 amide bonds. The lowest BCUT2D eigenvalue weighted by Crippen LogP contribution is -2.39. The van der Waals surface area contributed by atoms with Crippen molar-refractivity contribution in [2.75, 3.05) is 20.3 Å². The number of ketones is 1. The van der Waals surface area contributed by atoms with E-state index in [1.54, 1.807) is 6.07 Å². The molecular formula is C20H27FO4. The number of methoxy groups -OCH3 is 1. The second-order valence-corrected chi connectivity index (χ2v) is 6.98. The zero-order chi connectivity index (χ0) is 17.9. The third-order valence-electron chi connectivity index (χ3n) is 5.26. The first-order valence-electron chi connectivity index (χ1n) is 9.25. The van der Waals surface area contributed by atoms with Gasteiger partial charge in [-0.05, 0) is 30.5 Å². The van der Waals surface area contributed by atoms with Gasteiger partial charge in [0.2, 0.25) is 0 Å². The molecule has 1 heterocycles. The summed E-state index contributed by atoms with van der Waals surface area (Å²) in [6.07, 6.45) is 5.31. The van der Waals surface area contributed by atoms with Crippen LogP contribution in [0.1, 0.15) is 62.5 Å². The Kier molecular flexibility index (Phi) is 5.74. The molecule has 0 aromatic heterocycles. The van der Waals surface area contributed by atoms with E-state index >= 15 is 0 Å². The average molecular weight is 350 g/mol. The molecule has 0 radical (unpaired) electrons. The molecule has 1 aliphatic carbocycles. The number of carbonyl (C=O) groups excluding carboxylic acids is 1. The minimum Gasteiger partial charge on any atom is -0.496 e. The molecule has 4 nitrogen and oxygen atoms in total. The molecule has 1 saturated heterocycles. The molecule has 5 heteroatoms. The Morgan fingerprint density at radius 3 is 2.72 bits per heavy atom. The summed E-state index contributed by atoms with van der Waals surface area (Å²) in [6.45, 7) is 3.19. The van der Waals surface area contributed by atoms with Crippen molar-refractivity contribution >= 4 is 5.78 Å². The molecule has 1 saturated carbocycles. The van der Waals surface area contributed by atoms with E-state index in [9.17, 15) is 9.18 Å². The molecule has 1 aromatic rings. The molecule has 138 valence electrons. The third kappa shape index (κ3) is 3.87. The van der Waals surface area contributed by atoms with Crippen molar-refractivity contribution in [1.82, 2.24) is 0 Å². The Labute approximate surface area is 148 Å². The van der Waals surface area contributed by atoms with Gasteiger partial charge in [-0.25, -0.2) is 4.39 Å². The normalized spacial score (nSPS) is 22.5. The summed E-state index contributed by atoms with van der Waals surface area (Å²) in [7, 11) is 1.53. The lowest BCUT2D eigenvalue weighted by Gasteiger charge is -2.36. The molecule has 1 aromatic carbocycles. The fourth-order valence-electron chi connectivity index (χ4n) is 3.91. The maximum Gasteiger partial charge on any atom is 0.169 e. The molecule has 2 aliphatic rings. The molecule has 1 atom stereocenters. The van der Waals surface area contributed by atoms with E-state index in [2.05, 4.69) is 6.92 Å². The lowest BCUT2D eigenvalue weighted by atomic mass is 9.78. The van der Waals surface area contributed by atoms with Crippen LogP contribution in [-0.4, -0.2) is 31.9 Å². The van der Waals surface area contributed by atoms with E-state index in [1.807, 2.05) is 6.07 Å². The Morgan fingerprint density at radius 1 is 1.28 bits per heavy atom. The first-order chi connectivity index (χ1) is 12.1. The van der Waals surface area contributed by atoms with Gasteiger partial charge in [0.15, 0.2) is 5.79 Å². The number of hydrogen-bond donors (Lipinski definition) is 0. The van der Waals surface area contributed by atoms with Crippen LogP contribution in [-0.2, 0) is 20.7 Å². The maximum atomic E-state index is 14.9. The maximum absolute atomic E-state index is 14.9. The van der Waals surface area contributed by atoms with Crippen molar-refractivity contribution in [3.8, 4) is 5.75 Å². The highest BCUT2D eigenvalue weighted by Crippen LogP contribution is 2.44. The molecule has 2 fully saturated rings. The number of aryl methyl sites for hydroxylation is 1. The van der Waals surface area contributed by atoms with Crippen LogP contribution in [0.4, 0.5) is 4.39 Å². The number of benzene rings is 1. The van der Waals surface area contributed by atoms with Crippen LogP contribution in [0.3, 0.4) is 0 Å². The summed E-state index contributed by atoms with van der Waals surface area (Å²) >= 11 is 0. The van der Waals surface area contributed by atoms with Crippen molar-refractivity contribution in [2.45, 2.75) is 63.6 Å². The lowest BCUT2D eigenvalue weighted by molar-refractivity contribution is -0.183. The van der Waals surface area contributed by atoms with Crippen LogP contribution >= 0.6 is 0 Å². The summed E-state index contributed by atoms with van der Waals surface area (Å²) in [5.74, 6) is -1.19. The first kappa shape index (κ1) is 18.3. The largest absolute Gasteiger partial charge is 0.496 e. The highest BCUT2D eigenvalue weighted by atomic mass is 19.1. The average Bonchev–Trinajstić information content (AvgIpc) is 3.05. The molecule has 3 rings (SSSR count). The van der Waals surface area contributed by atoms with Gasteiger partial charge in [0.05, 0.1) is 26.2 Å². The Balaban J connectivity index is 1.88. The van der Waals surface area contributed by atoms with E-state index in [0.29, 0.717) is 43.8 Å². The van der Waals surface area contributed by atoms with Gasteiger partial charge in [-0.15, -0.1) is 0 Å². The summed E-state index contributed by atoms with van der Waals surface area (Å²) in [4.78, 5) is 12.5. The molecule has 0 N–H and O–H groups in total. The van der Waals surface area contributed by atoms with Crippen LogP contribution in [0.2, 0.25) is 0 Å². The van der Waals surface area contributed by atoms with Crippen LogP contribution < -0.4 is 4.74 Å². The Morgan fingerprint density at radius 2 is 2.04 bits per heavy atom. The number of rotatable bonds is 6. The molecule has 1 aliphatic heterocycles. The first-order valence-corrected chi connectivity index (χ1v) is 9.25. The SMILES string of the molecule is CCCCCc1cc(F)c(C2CC3(CCC2=O)OCCO3)c(OC)c1. The van der Waals surface area contributed by atoms with Crippen molar-refractivity contribution in [1.29, 1.82) is 0 Å². The second kappa shape index (κ2) is 7.83. The van der Waals surface area contributed by atoms with Crippen molar-refractivity contribution in [3.63, 3.8) is 0 Å². The Bertz CT molecular complexity index is 622. The highest BCUT2D eigenvalue weighted by Gasteiger charge is 2.46. The number of unbranched alkanes of at least 4 members (excludes halogenated alkanes) is 2. The summed E-state index contributed by atoms with van der Waals surface area (Å²) < 4.78 is 31.9. The predicted octanol–water partition coefficient (Wildman–Crippen LogP) is 4.15. The standard InChI is InChI=1S/C20H27FO4/c1-3-4-5-6-14-11-16(21)19(18(12-14)23-2)15-13-20(8-7-17(15)22)24-9-10-25-20/h11-12,15H,3-10,13H2,1-2H3. The molecule has 25 heavy (non-hydrogen) atoms. The number of ether oxygens (including phenoxy) is 3. The van der Waals surface area contributed by atoms with E-state index in [1.165, 1.54) is 7.11 Å². The van der Waals surface area contributed by atoms with Crippen molar-refractivity contribution in [2.24, 2.45) is 0 Å². The van der Waals surface area contributed by atoms with Crippen LogP contribution in [0.5, 0.6) is 5.75 Å². The van der Waals surface area contributed by atoms with Gasteiger partial charge in [0.1, 0.15) is 17.3 Å². The summed E-state index contributed by atoms with van der Waals surface area (Å²) in [5, 5.41) is 0. The van der Waals surface area contributed by atoms with Gasteiger partial charge in [0.25, 0.3) is 0 Å². The van der Waals surface area contributed by atoms with Crippen LogP contribution in [0, 0.1) is 5.82 Å². The monoisotopic (exact) mass is 350 g/mol. The Hall–Kier alpha value is -1.46. The fraction of sp³-hybridized carbons (Fsp3) is 0.650. The van der Waals surface area contributed by atoms with Gasteiger partial charge in [-0.3, -0.25) is 4.79 Å². The van der Waals surface area contributed by atoms with Crippen LogP contribution in [0.25, 0.3) is 0 Å². The molecular weight excluding hydrogens is 323 g/mol. The van der Waals surface area contributed by atoms with Crippen molar-refractivity contribution in [3.05, 3.63) is 29.1 Å². The smallest absolute Gasteiger partial charge is 0.169 e. The molecule has 1 spiro atoms. The molecule has 1 unspecified atom stereocenters. The zero-order valence-electron chi connectivity index (χ0n) is 15.1. The van der Waals surface area contributed by atoms with Gasteiger partial charge in [0, 0.05) is 24.8 Å². The van der Waals surface area contributed by atoms with E-state index < -0.39 is 11.7 Å². The molecule has 0 bridgehead atoms. The van der Waals surface area contributed by atoms with Crippen molar-refractivity contribution < 1.29 is 23.4 Å². The highest BCUT2D eigenvalue weighted by molar-refractivity contribution is 5.87. The summed E-state index contributed by atoms with van der Waals surface area (Å²) in [5.41, 5.74) is 1.27. The predicted molar refractivity (Wildman–Crippen MR) is 92.4 cm³/mol. The number of hydrogen-bond acceptors (Lipinski definition) is 4. The third-order valence-corrected chi connectivity index (χ3v) is 5.26. The van der Waals surface area contributed by atoms with Gasteiger partial charge >= 0.3 is 0 Å². The zero-order valence-corrected chi connectivity index (χ0v) is 15.1. The minimum atomic E-state index is -0.740. The quantitative estimate of drug-likeness (QED) is 0.723.